The van der Waals surface area contributed by atoms with Crippen LogP contribution in [0.1, 0.15) is 16.8 Å². The van der Waals surface area contributed by atoms with Crippen LogP contribution in [0.5, 0.6) is 0 Å². The lowest BCUT2D eigenvalue weighted by Crippen LogP contribution is -2.24. The topological polar surface area (TPSA) is 40.9 Å². The molecule has 16 heavy (non-hydrogen) atoms. The first kappa shape index (κ1) is 12.2. The van der Waals surface area contributed by atoms with E-state index in [1.54, 1.807) is 18.2 Å². The van der Waals surface area contributed by atoms with E-state index in [-0.39, 0.29) is 5.56 Å². The third-order valence-corrected chi connectivity index (χ3v) is 2.04. The highest BCUT2D eigenvalue weighted by atomic mass is 19.4. The molecule has 0 aromatic heterocycles. The predicted molar refractivity (Wildman–Crippen MR) is 50.5 cm³/mol. The average Bonchev–Trinajstić information content (AvgIpc) is 2.25. The van der Waals surface area contributed by atoms with Gasteiger partial charge >= 0.3 is 6.18 Å². The van der Waals surface area contributed by atoms with Gasteiger partial charge in [0.2, 0.25) is 0 Å². The Labute approximate surface area is 90.3 Å². The molecule has 0 aliphatic heterocycles. The molecule has 0 aliphatic rings. The highest BCUT2D eigenvalue weighted by molar-refractivity contribution is 5.96. The van der Waals surface area contributed by atoms with Crippen molar-refractivity contribution in [2.24, 2.45) is 5.92 Å². The third kappa shape index (κ3) is 3.09. The van der Waals surface area contributed by atoms with E-state index < -0.39 is 24.3 Å². The van der Waals surface area contributed by atoms with Gasteiger partial charge in [-0.2, -0.15) is 18.4 Å². The fourth-order valence-corrected chi connectivity index (χ4v) is 1.16. The summed E-state index contributed by atoms with van der Waals surface area (Å²) in [5.74, 6) is -2.91. The molecular formula is C11H8F3NO. The van der Waals surface area contributed by atoms with Crippen LogP contribution in [0.3, 0.4) is 0 Å². The van der Waals surface area contributed by atoms with Crippen molar-refractivity contribution in [1.29, 1.82) is 5.26 Å². The second-order valence-corrected chi connectivity index (χ2v) is 3.22. The standard InChI is InChI=1S/C11H8F3NO/c12-11(13,14)9(7-15)6-10(16)8-4-2-1-3-5-8/h1-5,9H,6H2. The second-order valence-electron chi connectivity index (χ2n) is 3.22. The zero-order valence-corrected chi connectivity index (χ0v) is 8.16. The van der Waals surface area contributed by atoms with Crippen LogP contribution in [0.25, 0.3) is 0 Å². The lowest BCUT2D eigenvalue weighted by molar-refractivity contribution is -0.158. The molecule has 0 saturated carbocycles. The van der Waals surface area contributed by atoms with Gasteiger partial charge in [-0.1, -0.05) is 30.3 Å². The zero-order valence-electron chi connectivity index (χ0n) is 8.16. The van der Waals surface area contributed by atoms with Crippen molar-refractivity contribution in [3.05, 3.63) is 35.9 Å². The number of halogens is 3. The van der Waals surface area contributed by atoms with Gasteiger partial charge in [0.1, 0.15) is 5.92 Å². The van der Waals surface area contributed by atoms with Crippen LogP contribution >= 0.6 is 0 Å². The normalized spacial score (nSPS) is 12.9. The number of ketones is 1. The average molecular weight is 227 g/mol. The number of benzene rings is 1. The van der Waals surface area contributed by atoms with E-state index in [1.807, 2.05) is 0 Å². The Hall–Kier alpha value is -1.83. The van der Waals surface area contributed by atoms with Crippen molar-refractivity contribution in [3.8, 4) is 6.07 Å². The fourth-order valence-electron chi connectivity index (χ4n) is 1.16. The maximum absolute atomic E-state index is 12.2. The van der Waals surface area contributed by atoms with Gasteiger partial charge in [-0.05, 0) is 0 Å². The summed E-state index contributed by atoms with van der Waals surface area (Å²) < 4.78 is 36.7. The molecule has 0 saturated heterocycles. The number of nitrogens with zero attached hydrogens (tertiary/aromatic N) is 1. The van der Waals surface area contributed by atoms with E-state index in [0.29, 0.717) is 0 Å². The maximum Gasteiger partial charge on any atom is 0.404 e. The Morgan fingerprint density at radius 1 is 1.31 bits per heavy atom. The van der Waals surface area contributed by atoms with E-state index >= 15 is 0 Å². The molecule has 1 aromatic rings. The summed E-state index contributed by atoms with van der Waals surface area (Å²) in [6.45, 7) is 0. The number of carbonyl (C=O) groups is 1. The number of carbonyl (C=O) groups excluding carboxylic acids is 1. The second kappa shape index (κ2) is 4.79. The molecule has 1 atom stereocenters. The van der Waals surface area contributed by atoms with Gasteiger partial charge in [-0.25, -0.2) is 0 Å². The fraction of sp³-hybridized carbons (Fsp3) is 0.273. The van der Waals surface area contributed by atoms with Crippen LogP contribution in [0.2, 0.25) is 0 Å². The summed E-state index contributed by atoms with van der Waals surface area (Å²) in [5, 5.41) is 8.34. The van der Waals surface area contributed by atoms with Gasteiger partial charge in [0.05, 0.1) is 6.07 Å². The van der Waals surface area contributed by atoms with E-state index in [0.717, 1.165) is 6.07 Å². The van der Waals surface area contributed by atoms with Crippen molar-refractivity contribution >= 4 is 5.78 Å². The SMILES string of the molecule is N#CC(CC(=O)c1ccccc1)C(F)(F)F. The van der Waals surface area contributed by atoms with Gasteiger partial charge in [0.25, 0.3) is 0 Å². The Bertz CT molecular complexity index is 405. The molecule has 0 aliphatic carbocycles. The largest absolute Gasteiger partial charge is 0.404 e. The molecule has 2 nitrogen and oxygen atoms in total. The molecule has 1 unspecified atom stereocenters. The van der Waals surface area contributed by atoms with Crippen molar-refractivity contribution in [2.45, 2.75) is 12.6 Å². The van der Waals surface area contributed by atoms with E-state index in [2.05, 4.69) is 0 Å². The number of hydrogen-bond acceptors (Lipinski definition) is 2. The molecular weight excluding hydrogens is 219 g/mol. The van der Waals surface area contributed by atoms with Gasteiger partial charge < -0.3 is 0 Å². The molecule has 0 spiro atoms. The number of nitriles is 1. The molecule has 1 aromatic carbocycles. The molecule has 0 fully saturated rings. The number of alkyl halides is 3. The van der Waals surface area contributed by atoms with Gasteiger partial charge in [-0.15, -0.1) is 0 Å². The number of Topliss-reactive ketones (excluding diaryl/α,β-unsaturated/α-hetero) is 1. The van der Waals surface area contributed by atoms with E-state index in [4.69, 9.17) is 5.26 Å². The Morgan fingerprint density at radius 3 is 2.31 bits per heavy atom. The van der Waals surface area contributed by atoms with Crippen molar-refractivity contribution < 1.29 is 18.0 Å². The van der Waals surface area contributed by atoms with Crippen molar-refractivity contribution in [2.75, 3.05) is 0 Å². The summed E-state index contributed by atoms with van der Waals surface area (Å²) in [4.78, 5) is 11.4. The first-order valence-corrected chi connectivity index (χ1v) is 4.49. The van der Waals surface area contributed by atoms with Crippen LogP contribution in [-0.2, 0) is 0 Å². The van der Waals surface area contributed by atoms with E-state index in [1.165, 1.54) is 12.1 Å². The van der Waals surface area contributed by atoms with Gasteiger partial charge in [-0.3, -0.25) is 4.79 Å². The number of rotatable bonds is 3. The molecule has 5 heteroatoms. The first-order chi connectivity index (χ1) is 7.45. The highest BCUT2D eigenvalue weighted by Crippen LogP contribution is 2.29. The molecule has 1 rings (SSSR count). The van der Waals surface area contributed by atoms with Crippen LogP contribution < -0.4 is 0 Å². The smallest absolute Gasteiger partial charge is 0.294 e. The molecule has 0 radical (unpaired) electrons. The minimum Gasteiger partial charge on any atom is -0.294 e. The van der Waals surface area contributed by atoms with Gasteiger partial charge in [0, 0.05) is 12.0 Å². The minimum atomic E-state index is -4.65. The summed E-state index contributed by atoms with van der Waals surface area (Å²) in [6, 6.07) is 8.71. The maximum atomic E-state index is 12.2. The third-order valence-electron chi connectivity index (χ3n) is 2.04. The summed E-state index contributed by atoms with van der Waals surface area (Å²) in [6.07, 6.45) is -5.48. The molecule has 0 N–H and O–H groups in total. The van der Waals surface area contributed by atoms with Crippen LogP contribution in [-0.4, -0.2) is 12.0 Å². The molecule has 84 valence electrons. The van der Waals surface area contributed by atoms with Crippen molar-refractivity contribution in [1.82, 2.24) is 0 Å². The van der Waals surface area contributed by atoms with E-state index in [9.17, 15) is 18.0 Å². The predicted octanol–water partition coefficient (Wildman–Crippen LogP) is 2.96. The quantitative estimate of drug-likeness (QED) is 0.745. The summed E-state index contributed by atoms with van der Waals surface area (Å²) in [5.41, 5.74) is 0.187. The lowest BCUT2D eigenvalue weighted by Gasteiger charge is -2.11. The monoisotopic (exact) mass is 227 g/mol. The zero-order chi connectivity index (χ0) is 12.2. The molecule has 0 heterocycles. The van der Waals surface area contributed by atoms with Crippen LogP contribution in [0, 0.1) is 17.2 Å². The molecule has 0 amide bonds. The van der Waals surface area contributed by atoms with Crippen LogP contribution in [0.4, 0.5) is 13.2 Å². The Morgan fingerprint density at radius 2 is 1.88 bits per heavy atom. The first-order valence-electron chi connectivity index (χ1n) is 4.49. The van der Waals surface area contributed by atoms with Crippen LogP contribution in [0.15, 0.2) is 30.3 Å². The summed E-state index contributed by atoms with van der Waals surface area (Å²) >= 11 is 0. The van der Waals surface area contributed by atoms with Gasteiger partial charge in [0.15, 0.2) is 5.78 Å². The van der Waals surface area contributed by atoms with Crippen molar-refractivity contribution in [3.63, 3.8) is 0 Å². The summed E-state index contributed by atoms with van der Waals surface area (Å²) in [7, 11) is 0. The highest BCUT2D eigenvalue weighted by Gasteiger charge is 2.41. The number of hydrogen-bond donors (Lipinski definition) is 0. The molecule has 0 bridgehead atoms. The minimum absolute atomic E-state index is 0.187. The Balaban J connectivity index is 2.76. The lowest BCUT2D eigenvalue weighted by atomic mass is 9.99. The Kier molecular flexibility index (Phi) is 3.67.